The fourth-order valence-electron chi connectivity index (χ4n) is 1.56. The van der Waals surface area contributed by atoms with E-state index in [9.17, 15) is 13.2 Å². The molecule has 0 aliphatic carbocycles. The van der Waals surface area contributed by atoms with Gasteiger partial charge in [-0.05, 0) is 30.7 Å². The lowest BCUT2D eigenvalue weighted by Gasteiger charge is -2.08. The number of nitrogens with one attached hydrogen (secondary N) is 1. The molecule has 1 aromatic carbocycles. The molecular weight excluding hydrogens is 294 g/mol. The van der Waals surface area contributed by atoms with Gasteiger partial charge in [0.2, 0.25) is 10.0 Å². The van der Waals surface area contributed by atoms with Crippen molar-refractivity contribution in [2.45, 2.75) is 13.3 Å². The molecule has 2 N–H and O–H groups in total. The summed E-state index contributed by atoms with van der Waals surface area (Å²) < 4.78 is 30.2. The zero-order chi connectivity index (χ0) is 15.9. The maximum atomic E-state index is 11.8. The van der Waals surface area contributed by atoms with Crippen LogP contribution in [0.3, 0.4) is 0 Å². The van der Waals surface area contributed by atoms with Gasteiger partial charge in [0.05, 0.1) is 13.7 Å². The van der Waals surface area contributed by atoms with Gasteiger partial charge in [-0.15, -0.1) is 0 Å². The Morgan fingerprint density at radius 1 is 1.38 bits per heavy atom. The highest BCUT2D eigenvalue weighted by atomic mass is 32.2. The molecular formula is C14H17NO5S. The van der Waals surface area contributed by atoms with Crippen molar-refractivity contribution in [3.8, 4) is 11.8 Å². The van der Waals surface area contributed by atoms with Gasteiger partial charge in [0.1, 0.15) is 0 Å². The van der Waals surface area contributed by atoms with Gasteiger partial charge < -0.3 is 9.84 Å². The van der Waals surface area contributed by atoms with Crippen LogP contribution in [0, 0.1) is 18.8 Å². The molecule has 0 atom stereocenters. The summed E-state index contributed by atoms with van der Waals surface area (Å²) in [5.41, 5.74) is 1.77. The third-order valence-corrected chi connectivity index (χ3v) is 3.52. The summed E-state index contributed by atoms with van der Waals surface area (Å²) >= 11 is 0. The van der Waals surface area contributed by atoms with E-state index >= 15 is 0 Å². The van der Waals surface area contributed by atoms with Crippen molar-refractivity contribution in [3.63, 3.8) is 0 Å². The number of hydrogen-bond acceptors (Lipinski definition) is 5. The first-order valence-electron chi connectivity index (χ1n) is 6.15. The van der Waals surface area contributed by atoms with E-state index in [1.54, 1.807) is 25.1 Å². The predicted octanol–water partition coefficient (Wildman–Crippen LogP) is 0.644. The van der Waals surface area contributed by atoms with E-state index in [4.69, 9.17) is 5.11 Å². The van der Waals surface area contributed by atoms with Crippen molar-refractivity contribution >= 4 is 21.7 Å². The number of carbonyl (C=O) groups is 1. The molecule has 1 rings (SSSR count). The van der Waals surface area contributed by atoms with Crippen LogP contribution in [0.15, 0.2) is 18.2 Å². The number of rotatable bonds is 5. The monoisotopic (exact) mass is 311 g/mol. The molecule has 7 heteroatoms. The number of ether oxygens (including phenoxy) is 1. The first-order chi connectivity index (χ1) is 9.86. The molecule has 0 amide bonds. The number of carbonyl (C=O) groups excluding carboxylic acids is 1. The Labute approximate surface area is 124 Å². The zero-order valence-corrected chi connectivity index (χ0v) is 12.7. The summed E-state index contributed by atoms with van der Waals surface area (Å²) in [4.78, 5) is 11.0. The van der Waals surface area contributed by atoms with E-state index in [0.717, 1.165) is 12.7 Å². The predicted molar refractivity (Wildman–Crippen MR) is 79.2 cm³/mol. The van der Waals surface area contributed by atoms with E-state index in [0.29, 0.717) is 17.7 Å². The highest BCUT2D eigenvalue weighted by molar-refractivity contribution is 7.93. The summed E-state index contributed by atoms with van der Waals surface area (Å²) in [6, 6.07) is 4.99. The fourth-order valence-corrected chi connectivity index (χ4v) is 2.54. The van der Waals surface area contributed by atoms with Crippen LogP contribution in [-0.4, -0.2) is 39.0 Å². The lowest BCUT2D eigenvalue weighted by atomic mass is 10.1. The smallest absolute Gasteiger partial charge is 0.322 e. The number of methoxy groups -OCH3 is 1. The number of anilines is 1. The van der Waals surface area contributed by atoms with E-state index in [1.807, 2.05) is 0 Å². The van der Waals surface area contributed by atoms with E-state index in [1.165, 1.54) is 0 Å². The topological polar surface area (TPSA) is 92.7 Å². The van der Waals surface area contributed by atoms with Gasteiger partial charge in [-0.25, -0.2) is 8.42 Å². The van der Waals surface area contributed by atoms with Crippen molar-refractivity contribution in [1.29, 1.82) is 0 Å². The molecule has 0 radical (unpaired) electrons. The van der Waals surface area contributed by atoms with Gasteiger partial charge in [-0.2, -0.15) is 0 Å². The Morgan fingerprint density at radius 3 is 2.71 bits per heavy atom. The number of hydrogen-bond donors (Lipinski definition) is 2. The third kappa shape index (κ3) is 6.29. The normalized spacial score (nSPS) is 10.4. The number of benzene rings is 1. The minimum atomic E-state index is -3.82. The van der Waals surface area contributed by atoms with Crippen LogP contribution >= 0.6 is 0 Å². The van der Waals surface area contributed by atoms with Crippen LogP contribution in [-0.2, 0) is 19.6 Å². The molecule has 0 aliphatic heterocycles. The number of aliphatic hydroxyl groups is 1. The molecule has 0 spiro atoms. The Balaban J connectivity index is 2.94. The van der Waals surface area contributed by atoms with Crippen LogP contribution in [0.1, 0.15) is 17.5 Å². The van der Waals surface area contributed by atoms with Crippen LogP contribution in [0.25, 0.3) is 0 Å². The summed E-state index contributed by atoms with van der Waals surface area (Å²) in [7, 11) is -2.69. The van der Waals surface area contributed by atoms with Crippen LogP contribution < -0.4 is 4.72 Å². The Bertz CT molecular complexity index is 670. The van der Waals surface area contributed by atoms with Crippen molar-refractivity contribution in [1.82, 2.24) is 0 Å². The maximum absolute atomic E-state index is 11.8. The molecule has 21 heavy (non-hydrogen) atoms. The van der Waals surface area contributed by atoms with Crippen LogP contribution in [0.4, 0.5) is 5.69 Å². The van der Waals surface area contributed by atoms with Crippen molar-refractivity contribution in [2.75, 3.05) is 24.2 Å². The zero-order valence-electron chi connectivity index (χ0n) is 11.8. The largest absolute Gasteiger partial charge is 0.468 e. The molecule has 1 aromatic rings. The molecule has 0 saturated heterocycles. The second-order valence-corrected chi connectivity index (χ2v) is 6.02. The lowest BCUT2D eigenvalue weighted by molar-refractivity contribution is -0.137. The van der Waals surface area contributed by atoms with E-state index in [-0.39, 0.29) is 6.61 Å². The average Bonchev–Trinajstić information content (AvgIpc) is 2.37. The highest BCUT2D eigenvalue weighted by Gasteiger charge is 2.17. The molecule has 0 aromatic heterocycles. The summed E-state index contributed by atoms with van der Waals surface area (Å²) in [5.74, 6) is 4.00. The number of aliphatic hydroxyl groups excluding tert-OH is 1. The molecule has 0 heterocycles. The number of esters is 1. The van der Waals surface area contributed by atoms with Crippen molar-refractivity contribution in [2.24, 2.45) is 0 Å². The van der Waals surface area contributed by atoms with Gasteiger partial charge in [-0.1, -0.05) is 11.8 Å². The number of aryl methyl sites for hydroxylation is 1. The van der Waals surface area contributed by atoms with Crippen molar-refractivity contribution in [3.05, 3.63) is 29.3 Å². The molecule has 0 fully saturated rings. The van der Waals surface area contributed by atoms with Gasteiger partial charge in [0.15, 0.2) is 5.75 Å². The maximum Gasteiger partial charge on any atom is 0.322 e. The summed E-state index contributed by atoms with van der Waals surface area (Å²) in [6.07, 6.45) is 0.345. The van der Waals surface area contributed by atoms with Gasteiger partial charge in [-0.3, -0.25) is 9.52 Å². The van der Waals surface area contributed by atoms with Gasteiger partial charge >= 0.3 is 5.97 Å². The average molecular weight is 311 g/mol. The Hall–Kier alpha value is -2.04. The first-order valence-corrected chi connectivity index (χ1v) is 7.80. The summed E-state index contributed by atoms with van der Waals surface area (Å²) in [5, 5.41) is 8.68. The van der Waals surface area contributed by atoms with E-state index < -0.39 is 21.7 Å². The van der Waals surface area contributed by atoms with Gasteiger partial charge in [0.25, 0.3) is 0 Å². The standard InChI is InChI=1S/C14H17NO5S/c1-11-7-12(5-3-4-6-16)9-13(8-11)15-21(18,19)10-14(17)20-2/h7-9,15-16H,4,6,10H2,1-2H3. The Morgan fingerprint density at radius 2 is 2.10 bits per heavy atom. The Kier molecular flexibility index (Phi) is 6.21. The highest BCUT2D eigenvalue weighted by Crippen LogP contribution is 2.15. The van der Waals surface area contributed by atoms with E-state index in [2.05, 4.69) is 21.3 Å². The SMILES string of the molecule is COC(=O)CS(=O)(=O)Nc1cc(C)cc(C#CCCO)c1. The molecule has 6 nitrogen and oxygen atoms in total. The quantitative estimate of drug-likeness (QED) is 0.615. The second-order valence-electron chi connectivity index (χ2n) is 4.30. The molecule has 114 valence electrons. The van der Waals surface area contributed by atoms with Gasteiger partial charge in [0, 0.05) is 17.7 Å². The third-order valence-electron chi connectivity index (χ3n) is 2.36. The fraction of sp³-hybridized carbons (Fsp3) is 0.357. The molecule has 0 bridgehead atoms. The second kappa shape index (κ2) is 7.67. The summed E-state index contributed by atoms with van der Waals surface area (Å²) in [6.45, 7) is 1.77. The minimum Gasteiger partial charge on any atom is -0.468 e. The van der Waals surface area contributed by atoms with Crippen molar-refractivity contribution < 1.29 is 23.1 Å². The molecule has 0 aliphatic rings. The molecule has 0 unspecified atom stereocenters. The van der Waals surface area contributed by atoms with Crippen LogP contribution in [0.2, 0.25) is 0 Å². The molecule has 0 saturated carbocycles. The first kappa shape index (κ1) is 17.0. The lowest BCUT2D eigenvalue weighted by Crippen LogP contribution is -2.23. The minimum absolute atomic E-state index is 0.0303. The number of sulfonamides is 1. The van der Waals surface area contributed by atoms with Crippen LogP contribution in [0.5, 0.6) is 0 Å².